The Labute approximate surface area is 123 Å². The van der Waals surface area contributed by atoms with E-state index < -0.39 is 10.1 Å². The number of nitrogens with one attached hydrogen (secondary N) is 1. The summed E-state index contributed by atoms with van der Waals surface area (Å²) in [5.41, 5.74) is 0.261. The van der Waals surface area contributed by atoms with Gasteiger partial charge in [0, 0.05) is 16.1 Å². The molecule has 0 saturated carbocycles. The molecule has 0 unspecified atom stereocenters. The maximum Gasteiger partial charge on any atom is 0.296 e. The molecule has 2 N–H and O–H groups in total. The molecular formula is C10H8Cl2N2O3S2. The Morgan fingerprint density at radius 3 is 2.68 bits per heavy atom. The highest BCUT2D eigenvalue weighted by molar-refractivity contribution is 7.86. The van der Waals surface area contributed by atoms with Crippen LogP contribution >= 0.6 is 34.5 Å². The Morgan fingerprint density at radius 2 is 2.11 bits per heavy atom. The number of benzene rings is 1. The number of anilines is 1. The van der Waals surface area contributed by atoms with Crippen molar-refractivity contribution in [2.45, 2.75) is 11.4 Å². The minimum absolute atomic E-state index is 0.221. The van der Waals surface area contributed by atoms with Crippen molar-refractivity contribution in [3.63, 3.8) is 0 Å². The molecule has 0 aliphatic carbocycles. The average molecular weight is 339 g/mol. The molecule has 0 amide bonds. The van der Waals surface area contributed by atoms with Gasteiger partial charge in [0.1, 0.15) is 4.90 Å². The molecule has 0 bridgehead atoms. The fourth-order valence-electron chi connectivity index (χ4n) is 1.40. The highest BCUT2D eigenvalue weighted by atomic mass is 35.5. The van der Waals surface area contributed by atoms with Crippen molar-refractivity contribution in [2.75, 3.05) is 5.32 Å². The van der Waals surface area contributed by atoms with Crippen LogP contribution in [0.2, 0.25) is 9.49 Å². The van der Waals surface area contributed by atoms with E-state index in [0.29, 0.717) is 11.0 Å². The molecule has 0 spiro atoms. The average Bonchev–Trinajstić information content (AvgIpc) is 2.72. The summed E-state index contributed by atoms with van der Waals surface area (Å²) in [6.07, 6.45) is 1.59. The van der Waals surface area contributed by atoms with Crippen LogP contribution in [0.15, 0.2) is 29.3 Å². The van der Waals surface area contributed by atoms with Crippen LogP contribution in [0.3, 0.4) is 0 Å². The zero-order chi connectivity index (χ0) is 14.0. The second-order valence-electron chi connectivity index (χ2n) is 3.55. The fraction of sp³-hybridized carbons (Fsp3) is 0.100. The van der Waals surface area contributed by atoms with E-state index in [4.69, 9.17) is 27.8 Å². The monoisotopic (exact) mass is 338 g/mol. The summed E-state index contributed by atoms with van der Waals surface area (Å²) in [5, 5.41) is 3.11. The largest absolute Gasteiger partial charge is 0.379 e. The highest BCUT2D eigenvalue weighted by Crippen LogP contribution is 2.26. The minimum Gasteiger partial charge on any atom is -0.379 e. The summed E-state index contributed by atoms with van der Waals surface area (Å²) in [5.74, 6) is 0. The van der Waals surface area contributed by atoms with Gasteiger partial charge in [-0.3, -0.25) is 4.55 Å². The first-order valence-electron chi connectivity index (χ1n) is 4.97. The lowest BCUT2D eigenvalue weighted by atomic mass is 10.3. The molecule has 0 radical (unpaired) electrons. The Balaban J connectivity index is 2.25. The molecule has 1 heterocycles. The van der Waals surface area contributed by atoms with Gasteiger partial charge in [0.2, 0.25) is 0 Å². The maximum absolute atomic E-state index is 11.2. The molecule has 0 atom stereocenters. The molecule has 1 aromatic heterocycles. The van der Waals surface area contributed by atoms with E-state index in [1.807, 2.05) is 0 Å². The Morgan fingerprint density at radius 1 is 1.37 bits per heavy atom. The molecule has 1 aromatic carbocycles. The second kappa shape index (κ2) is 5.64. The van der Waals surface area contributed by atoms with Crippen LogP contribution in [0.1, 0.15) is 4.88 Å². The first kappa shape index (κ1) is 14.5. The van der Waals surface area contributed by atoms with Crippen molar-refractivity contribution in [3.05, 3.63) is 38.8 Å². The van der Waals surface area contributed by atoms with E-state index in [2.05, 4.69) is 10.3 Å². The Bertz CT molecular complexity index is 701. The number of hydrogen-bond acceptors (Lipinski definition) is 5. The quantitative estimate of drug-likeness (QED) is 0.836. The number of hydrogen-bond donors (Lipinski definition) is 2. The maximum atomic E-state index is 11.2. The van der Waals surface area contributed by atoms with Gasteiger partial charge < -0.3 is 5.32 Å². The van der Waals surface area contributed by atoms with E-state index in [-0.39, 0.29) is 15.6 Å². The number of thiazole rings is 1. The van der Waals surface area contributed by atoms with Crippen LogP contribution in [0.5, 0.6) is 0 Å². The normalized spacial score (nSPS) is 11.5. The van der Waals surface area contributed by atoms with Gasteiger partial charge in [-0.15, -0.1) is 11.3 Å². The molecule has 0 fully saturated rings. The van der Waals surface area contributed by atoms with Crippen molar-refractivity contribution < 1.29 is 13.0 Å². The summed E-state index contributed by atoms with van der Waals surface area (Å²) in [7, 11) is -4.34. The second-order valence-corrected chi connectivity index (χ2v) is 7.07. The zero-order valence-corrected chi connectivity index (χ0v) is 12.4. The van der Waals surface area contributed by atoms with Gasteiger partial charge in [-0.2, -0.15) is 8.42 Å². The predicted molar refractivity (Wildman–Crippen MR) is 75.7 cm³/mol. The van der Waals surface area contributed by atoms with Gasteiger partial charge in [-0.25, -0.2) is 4.98 Å². The topological polar surface area (TPSA) is 79.3 Å². The zero-order valence-electron chi connectivity index (χ0n) is 9.30. The number of halogens is 2. The lowest BCUT2D eigenvalue weighted by Gasteiger charge is -2.09. The molecule has 102 valence electrons. The van der Waals surface area contributed by atoms with Crippen molar-refractivity contribution in [2.24, 2.45) is 0 Å². The molecular weight excluding hydrogens is 331 g/mol. The van der Waals surface area contributed by atoms with Gasteiger partial charge in [0.25, 0.3) is 10.1 Å². The van der Waals surface area contributed by atoms with Crippen LogP contribution in [-0.4, -0.2) is 18.0 Å². The van der Waals surface area contributed by atoms with Gasteiger partial charge in [0.05, 0.1) is 12.2 Å². The van der Waals surface area contributed by atoms with Gasteiger partial charge >= 0.3 is 0 Å². The van der Waals surface area contributed by atoms with Crippen LogP contribution in [0, 0.1) is 0 Å². The molecule has 2 rings (SSSR count). The third kappa shape index (κ3) is 3.80. The lowest BCUT2D eigenvalue weighted by molar-refractivity contribution is 0.483. The predicted octanol–water partition coefficient (Wildman–Crippen LogP) is 3.31. The van der Waals surface area contributed by atoms with Crippen LogP contribution in [0.4, 0.5) is 5.69 Å². The van der Waals surface area contributed by atoms with Crippen LogP contribution < -0.4 is 5.32 Å². The molecule has 0 aliphatic heterocycles. The van der Waals surface area contributed by atoms with Crippen LogP contribution in [0.25, 0.3) is 0 Å². The summed E-state index contributed by atoms with van der Waals surface area (Å²) >= 11 is 12.7. The van der Waals surface area contributed by atoms with E-state index in [1.165, 1.54) is 29.5 Å². The van der Waals surface area contributed by atoms with Crippen molar-refractivity contribution >= 4 is 50.3 Å². The van der Waals surface area contributed by atoms with Crippen molar-refractivity contribution in [3.8, 4) is 0 Å². The smallest absolute Gasteiger partial charge is 0.296 e. The number of rotatable bonds is 4. The van der Waals surface area contributed by atoms with E-state index >= 15 is 0 Å². The van der Waals surface area contributed by atoms with E-state index in [9.17, 15) is 8.42 Å². The highest BCUT2D eigenvalue weighted by Gasteiger charge is 2.16. The SMILES string of the molecule is O=S(=O)(O)c1cc(Cl)ccc1NCc1cnc(Cl)s1. The van der Waals surface area contributed by atoms with Crippen molar-refractivity contribution in [1.29, 1.82) is 0 Å². The van der Waals surface area contributed by atoms with Gasteiger partial charge in [-0.1, -0.05) is 23.2 Å². The molecule has 0 aliphatic rings. The summed E-state index contributed by atoms with van der Waals surface area (Å²) in [6, 6.07) is 4.19. The third-order valence-electron chi connectivity index (χ3n) is 2.20. The molecule has 9 heteroatoms. The molecule has 5 nitrogen and oxygen atoms in total. The standard InChI is InChI=1S/C10H8Cl2N2O3S2/c11-6-1-2-8(9(3-6)19(15,16)17)13-4-7-5-14-10(12)18-7/h1-3,5,13H,4H2,(H,15,16,17). The molecule has 2 aromatic rings. The van der Waals surface area contributed by atoms with Crippen LogP contribution in [-0.2, 0) is 16.7 Å². The summed E-state index contributed by atoms with van der Waals surface area (Å²) < 4.78 is 32.0. The molecule has 19 heavy (non-hydrogen) atoms. The third-order valence-corrected chi connectivity index (χ3v) is 4.44. The molecule has 0 saturated heterocycles. The van der Waals surface area contributed by atoms with E-state index in [1.54, 1.807) is 6.20 Å². The first-order chi connectivity index (χ1) is 8.86. The fourth-order valence-corrected chi connectivity index (χ4v) is 3.25. The lowest BCUT2D eigenvalue weighted by Crippen LogP contribution is -2.06. The van der Waals surface area contributed by atoms with Gasteiger partial charge in [0.15, 0.2) is 4.47 Å². The first-order valence-corrected chi connectivity index (χ1v) is 7.98. The summed E-state index contributed by atoms with van der Waals surface area (Å²) in [4.78, 5) is 4.44. The Hall–Kier alpha value is -0.860. The van der Waals surface area contributed by atoms with E-state index in [0.717, 1.165) is 4.88 Å². The Kier molecular flexibility index (Phi) is 4.32. The number of aromatic nitrogens is 1. The number of nitrogens with zero attached hydrogens (tertiary/aromatic N) is 1. The van der Waals surface area contributed by atoms with Crippen molar-refractivity contribution in [1.82, 2.24) is 4.98 Å². The minimum atomic E-state index is -4.34. The summed E-state index contributed by atoms with van der Waals surface area (Å²) in [6.45, 7) is 0.342. The van der Waals surface area contributed by atoms with Gasteiger partial charge in [-0.05, 0) is 18.2 Å².